The molecule has 0 bridgehead atoms. The molecular formula is C17H20N2O3S2. The van der Waals surface area contributed by atoms with Gasteiger partial charge in [0.2, 0.25) is 10.0 Å². The molecule has 1 aliphatic heterocycles. The molecule has 0 atom stereocenters. The molecule has 0 radical (unpaired) electrons. The van der Waals surface area contributed by atoms with Crippen molar-refractivity contribution >= 4 is 27.3 Å². The van der Waals surface area contributed by atoms with E-state index in [9.17, 15) is 13.2 Å². The summed E-state index contributed by atoms with van der Waals surface area (Å²) in [4.78, 5) is 12.9. The molecule has 5 nitrogen and oxygen atoms in total. The third kappa shape index (κ3) is 3.85. The largest absolute Gasteiger partial charge is 0.347 e. The van der Waals surface area contributed by atoms with Crippen LogP contribution in [0.25, 0.3) is 0 Å². The zero-order valence-corrected chi connectivity index (χ0v) is 14.9. The minimum atomic E-state index is -3.40. The number of amides is 1. The molecule has 0 unspecified atom stereocenters. The summed E-state index contributed by atoms with van der Waals surface area (Å²) in [6.45, 7) is 1.57. The van der Waals surface area contributed by atoms with Crippen molar-refractivity contribution < 1.29 is 13.2 Å². The molecule has 128 valence electrons. The van der Waals surface area contributed by atoms with Crippen LogP contribution in [0.4, 0.5) is 0 Å². The van der Waals surface area contributed by atoms with Crippen LogP contribution in [0.15, 0.2) is 46.7 Å². The molecule has 1 aromatic carbocycles. The van der Waals surface area contributed by atoms with Gasteiger partial charge < -0.3 is 5.32 Å². The van der Waals surface area contributed by atoms with Gasteiger partial charge in [0.15, 0.2) is 0 Å². The first-order valence-corrected chi connectivity index (χ1v) is 10.3. The topological polar surface area (TPSA) is 66.5 Å². The number of hydrogen-bond acceptors (Lipinski definition) is 4. The second-order valence-corrected chi connectivity index (χ2v) is 8.65. The van der Waals surface area contributed by atoms with E-state index in [4.69, 9.17) is 0 Å². The van der Waals surface area contributed by atoms with Crippen molar-refractivity contribution in [3.8, 4) is 0 Å². The minimum Gasteiger partial charge on any atom is -0.347 e. The molecule has 0 saturated carbocycles. The average molecular weight is 364 g/mol. The van der Waals surface area contributed by atoms with E-state index in [1.165, 1.54) is 11.3 Å². The Morgan fingerprint density at radius 2 is 1.79 bits per heavy atom. The number of nitrogens with one attached hydrogen (secondary N) is 1. The number of rotatable bonds is 5. The monoisotopic (exact) mass is 364 g/mol. The number of carbonyl (C=O) groups excluding carboxylic acids is 1. The highest BCUT2D eigenvalue weighted by Gasteiger charge is 2.25. The van der Waals surface area contributed by atoms with Gasteiger partial charge in [-0.25, -0.2) is 8.42 Å². The minimum absolute atomic E-state index is 0.116. The third-order valence-corrected chi connectivity index (χ3v) is 6.86. The summed E-state index contributed by atoms with van der Waals surface area (Å²) in [5.74, 6) is -0.116. The number of thiophene rings is 1. The fourth-order valence-electron chi connectivity index (χ4n) is 2.71. The molecule has 1 amide bonds. The van der Waals surface area contributed by atoms with Crippen LogP contribution in [0.5, 0.6) is 0 Å². The van der Waals surface area contributed by atoms with Crippen LogP contribution in [0.1, 0.15) is 34.5 Å². The molecule has 1 aliphatic rings. The molecule has 2 heterocycles. The molecule has 3 rings (SSSR count). The summed E-state index contributed by atoms with van der Waals surface area (Å²) < 4.78 is 26.7. The van der Waals surface area contributed by atoms with Crippen LogP contribution in [-0.2, 0) is 16.6 Å². The van der Waals surface area contributed by atoms with Crippen molar-refractivity contribution in [2.75, 3.05) is 13.1 Å². The van der Waals surface area contributed by atoms with E-state index in [1.807, 2.05) is 11.4 Å². The number of hydrogen-bond donors (Lipinski definition) is 1. The molecule has 24 heavy (non-hydrogen) atoms. The maximum absolute atomic E-state index is 12.6. The SMILES string of the molecule is O=C(NCc1ccc(S(=O)(=O)N2CCCCC2)cc1)c1cccs1. The van der Waals surface area contributed by atoms with Gasteiger partial charge in [0.1, 0.15) is 0 Å². The highest BCUT2D eigenvalue weighted by atomic mass is 32.2. The van der Waals surface area contributed by atoms with Gasteiger partial charge in [-0.15, -0.1) is 11.3 Å². The first-order valence-electron chi connectivity index (χ1n) is 7.98. The molecule has 0 spiro atoms. The van der Waals surface area contributed by atoms with Gasteiger partial charge in [-0.3, -0.25) is 4.79 Å². The number of piperidine rings is 1. The molecular weight excluding hydrogens is 344 g/mol. The standard InChI is InChI=1S/C17H20N2O3S2/c20-17(16-5-4-12-23-16)18-13-14-6-8-15(9-7-14)24(21,22)19-10-2-1-3-11-19/h4-9,12H,1-3,10-11,13H2,(H,18,20). The van der Waals surface area contributed by atoms with Crippen LogP contribution in [0.2, 0.25) is 0 Å². The van der Waals surface area contributed by atoms with Gasteiger partial charge in [0, 0.05) is 19.6 Å². The maximum Gasteiger partial charge on any atom is 0.261 e. The normalized spacial score (nSPS) is 16.0. The molecule has 0 aliphatic carbocycles. The quantitative estimate of drug-likeness (QED) is 0.887. The zero-order valence-electron chi connectivity index (χ0n) is 13.3. The van der Waals surface area contributed by atoms with E-state index >= 15 is 0 Å². The van der Waals surface area contributed by atoms with Gasteiger partial charge in [-0.2, -0.15) is 4.31 Å². The Kier molecular flexibility index (Phi) is 5.33. The first kappa shape index (κ1) is 17.1. The Bertz CT molecular complexity index is 778. The average Bonchev–Trinajstić information content (AvgIpc) is 3.15. The van der Waals surface area contributed by atoms with E-state index in [1.54, 1.807) is 34.6 Å². The summed E-state index contributed by atoms with van der Waals surface area (Å²) >= 11 is 1.39. The number of sulfonamides is 1. The van der Waals surface area contributed by atoms with Crippen molar-refractivity contribution in [3.05, 3.63) is 52.2 Å². The molecule has 7 heteroatoms. The van der Waals surface area contributed by atoms with Crippen LogP contribution in [0, 0.1) is 0 Å². The van der Waals surface area contributed by atoms with Crippen LogP contribution in [0.3, 0.4) is 0 Å². The van der Waals surface area contributed by atoms with Gasteiger partial charge >= 0.3 is 0 Å². The highest BCUT2D eigenvalue weighted by Crippen LogP contribution is 2.20. The van der Waals surface area contributed by atoms with Gasteiger partial charge in [-0.1, -0.05) is 24.6 Å². The second kappa shape index (κ2) is 7.46. The lowest BCUT2D eigenvalue weighted by molar-refractivity contribution is 0.0955. The van der Waals surface area contributed by atoms with E-state index in [-0.39, 0.29) is 5.91 Å². The first-order chi connectivity index (χ1) is 11.6. The lowest BCUT2D eigenvalue weighted by Gasteiger charge is -2.25. The number of carbonyl (C=O) groups is 1. The Labute approximate surface area is 146 Å². The summed E-state index contributed by atoms with van der Waals surface area (Å²) in [5.41, 5.74) is 0.873. The number of benzene rings is 1. The summed E-state index contributed by atoms with van der Waals surface area (Å²) in [7, 11) is -3.40. The van der Waals surface area contributed by atoms with Crippen LogP contribution < -0.4 is 5.32 Å². The van der Waals surface area contributed by atoms with Crippen LogP contribution in [-0.4, -0.2) is 31.7 Å². The maximum atomic E-state index is 12.6. The van der Waals surface area contributed by atoms with Gasteiger partial charge in [0.25, 0.3) is 5.91 Å². The van der Waals surface area contributed by atoms with Crippen molar-refractivity contribution in [2.24, 2.45) is 0 Å². The van der Waals surface area contributed by atoms with E-state index in [0.29, 0.717) is 29.4 Å². The van der Waals surface area contributed by atoms with Crippen molar-refractivity contribution in [2.45, 2.75) is 30.7 Å². The Morgan fingerprint density at radius 3 is 2.42 bits per heavy atom. The van der Waals surface area contributed by atoms with E-state index < -0.39 is 10.0 Å². The van der Waals surface area contributed by atoms with Crippen molar-refractivity contribution in [1.29, 1.82) is 0 Å². The molecule has 1 saturated heterocycles. The summed E-state index contributed by atoms with van der Waals surface area (Å²) in [6, 6.07) is 10.4. The van der Waals surface area contributed by atoms with Crippen molar-refractivity contribution in [3.63, 3.8) is 0 Å². The number of nitrogens with zero attached hydrogens (tertiary/aromatic N) is 1. The summed E-state index contributed by atoms with van der Waals surface area (Å²) in [6.07, 6.45) is 2.94. The Morgan fingerprint density at radius 1 is 1.08 bits per heavy atom. The fraction of sp³-hybridized carbons (Fsp3) is 0.353. The molecule has 1 N–H and O–H groups in total. The lowest BCUT2D eigenvalue weighted by Crippen LogP contribution is -2.35. The van der Waals surface area contributed by atoms with Crippen LogP contribution >= 0.6 is 11.3 Å². The molecule has 2 aromatic rings. The van der Waals surface area contributed by atoms with Gasteiger partial charge in [-0.05, 0) is 42.0 Å². The Hall–Kier alpha value is -1.70. The predicted octanol–water partition coefficient (Wildman–Crippen LogP) is 2.85. The molecule has 1 aromatic heterocycles. The zero-order chi connectivity index (χ0) is 17.0. The third-order valence-electron chi connectivity index (χ3n) is 4.07. The predicted molar refractivity (Wildman–Crippen MR) is 94.5 cm³/mol. The van der Waals surface area contributed by atoms with Crippen molar-refractivity contribution in [1.82, 2.24) is 9.62 Å². The lowest BCUT2D eigenvalue weighted by atomic mass is 10.2. The van der Waals surface area contributed by atoms with Gasteiger partial charge in [0.05, 0.1) is 9.77 Å². The highest BCUT2D eigenvalue weighted by molar-refractivity contribution is 7.89. The van der Waals surface area contributed by atoms with E-state index in [0.717, 1.165) is 24.8 Å². The van der Waals surface area contributed by atoms with E-state index in [2.05, 4.69) is 5.32 Å². The molecule has 1 fully saturated rings. The second-order valence-electron chi connectivity index (χ2n) is 5.77. The smallest absolute Gasteiger partial charge is 0.261 e. The summed E-state index contributed by atoms with van der Waals surface area (Å²) in [5, 5.41) is 4.69. The Balaban J connectivity index is 1.63. The fourth-order valence-corrected chi connectivity index (χ4v) is 4.87.